The number of aromatic nitrogens is 3. The van der Waals surface area contributed by atoms with Gasteiger partial charge in [0.1, 0.15) is 17.3 Å². The average Bonchev–Trinajstić information content (AvgIpc) is 3.50. The molecule has 2 N–H and O–H groups in total. The lowest BCUT2D eigenvalue weighted by molar-refractivity contribution is 0.0947. The number of rotatable bonds is 5. The third-order valence-corrected chi connectivity index (χ3v) is 6.46. The number of thiazole rings is 1. The van der Waals surface area contributed by atoms with Crippen molar-refractivity contribution in [2.75, 3.05) is 0 Å². The number of halogens is 2. The van der Waals surface area contributed by atoms with Crippen LogP contribution in [0, 0.1) is 18.6 Å². The second-order valence-corrected chi connectivity index (χ2v) is 8.45. The van der Waals surface area contributed by atoms with Gasteiger partial charge >= 0.3 is 0 Å². The van der Waals surface area contributed by atoms with Crippen LogP contribution in [0.2, 0.25) is 0 Å². The maximum absolute atomic E-state index is 13.2. The summed E-state index contributed by atoms with van der Waals surface area (Å²) in [6, 6.07) is 14.1. The number of nitrogens with one attached hydrogen (secondary N) is 2. The van der Waals surface area contributed by atoms with Gasteiger partial charge in [-0.05, 0) is 60.5 Å². The lowest BCUT2D eigenvalue weighted by Gasteiger charge is -2.03. The highest BCUT2D eigenvalue weighted by Crippen LogP contribution is 2.27. The Balaban J connectivity index is 1.29. The van der Waals surface area contributed by atoms with Gasteiger partial charge in [0.2, 0.25) is 0 Å². The number of aromatic amines is 1. The molecule has 0 radical (unpaired) electrons. The van der Waals surface area contributed by atoms with E-state index in [2.05, 4.69) is 15.3 Å². The number of hydrogen-bond donors (Lipinski definition) is 2. The molecule has 0 aliphatic heterocycles. The van der Waals surface area contributed by atoms with Crippen LogP contribution in [-0.4, -0.2) is 20.3 Å². The summed E-state index contributed by atoms with van der Waals surface area (Å²) in [4.78, 5) is 22.0. The molecule has 5 rings (SSSR count). The Morgan fingerprint density at radius 3 is 2.34 bits per heavy atom. The van der Waals surface area contributed by atoms with Crippen molar-refractivity contribution in [2.45, 2.75) is 13.5 Å². The largest absolute Gasteiger partial charge is 0.357 e. The summed E-state index contributed by atoms with van der Waals surface area (Å²) in [5, 5.41) is 2.93. The molecule has 0 saturated heterocycles. The van der Waals surface area contributed by atoms with E-state index in [1.54, 1.807) is 36.5 Å². The Labute approximate surface area is 186 Å². The molecule has 3 aromatic heterocycles. The van der Waals surface area contributed by atoms with Crippen molar-refractivity contribution in [3.05, 3.63) is 94.9 Å². The van der Waals surface area contributed by atoms with Crippen molar-refractivity contribution in [3.8, 4) is 22.4 Å². The quantitative estimate of drug-likeness (QED) is 0.369. The van der Waals surface area contributed by atoms with Crippen molar-refractivity contribution < 1.29 is 13.6 Å². The van der Waals surface area contributed by atoms with Crippen LogP contribution < -0.4 is 5.32 Å². The SMILES string of the molecule is Cc1c(CNC(=O)c2cc(-c3ccc(F)cc3)c[nH]2)sc2nc(-c3ccc(F)cc3)cn12. The standard InChI is InChI=1S/C24H18F2N4OS/c1-14-22(32-24-29-21(13-30(14)24)16-4-8-19(26)9-5-16)12-28-23(31)20-10-17(11-27-20)15-2-6-18(25)7-3-15/h2-11,13,27H,12H2,1H3,(H,28,31). The molecule has 32 heavy (non-hydrogen) atoms. The van der Waals surface area contributed by atoms with Crippen molar-refractivity contribution in [1.29, 1.82) is 0 Å². The topological polar surface area (TPSA) is 62.2 Å². The Bertz CT molecular complexity index is 1420. The summed E-state index contributed by atoms with van der Waals surface area (Å²) < 4.78 is 28.3. The van der Waals surface area contributed by atoms with Gasteiger partial charge in [0.15, 0.2) is 4.96 Å². The Kier molecular flexibility index (Phi) is 5.07. The summed E-state index contributed by atoms with van der Waals surface area (Å²) in [6.45, 7) is 2.35. The minimum Gasteiger partial charge on any atom is -0.357 e. The zero-order chi connectivity index (χ0) is 22.2. The fourth-order valence-corrected chi connectivity index (χ4v) is 4.55. The Morgan fingerprint density at radius 2 is 1.69 bits per heavy atom. The van der Waals surface area contributed by atoms with E-state index in [9.17, 15) is 13.6 Å². The van der Waals surface area contributed by atoms with Gasteiger partial charge in [-0.1, -0.05) is 23.5 Å². The third kappa shape index (κ3) is 3.80. The number of benzene rings is 2. The zero-order valence-corrected chi connectivity index (χ0v) is 17.8. The van der Waals surface area contributed by atoms with E-state index in [1.165, 1.54) is 35.6 Å². The van der Waals surface area contributed by atoms with Gasteiger partial charge in [-0.2, -0.15) is 0 Å². The minimum absolute atomic E-state index is 0.226. The second kappa shape index (κ2) is 8.05. The van der Waals surface area contributed by atoms with Crippen LogP contribution in [0.4, 0.5) is 8.78 Å². The summed E-state index contributed by atoms with van der Waals surface area (Å²) in [6.07, 6.45) is 3.64. The Hall–Kier alpha value is -3.78. The normalized spacial score (nSPS) is 11.2. The van der Waals surface area contributed by atoms with Gasteiger partial charge < -0.3 is 10.3 Å². The van der Waals surface area contributed by atoms with Gasteiger partial charge in [-0.3, -0.25) is 9.20 Å². The van der Waals surface area contributed by atoms with Crippen LogP contribution in [0.1, 0.15) is 21.1 Å². The molecule has 3 heterocycles. The van der Waals surface area contributed by atoms with E-state index in [0.717, 1.165) is 37.9 Å². The van der Waals surface area contributed by atoms with E-state index >= 15 is 0 Å². The smallest absolute Gasteiger partial charge is 0.268 e. The number of amides is 1. The van der Waals surface area contributed by atoms with Gasteiger partial charge in [-0.15, -0.1) is 0 Å². The third-order valence-electron chi connectivity index (χ3n) is 5.31. The van der Waals surface area contributed by atoms with Gasteiger partial charge in [0, 0.05) is 28.5 Å². The van der Waals surface area contributed by atoms with Gasteiger partial charge in [-0.25, -0.2) is 13.8 Å². The summed E-state index contributed by atoms with van der Waals surface area (Å²) >= 11 is 1.50. The lowest BCUT2D eigenvalue weighted by atomic mass is 10.1. The molecular formula is C24H18F2N4OS. The maximum Gasteiger partial charge on any atom is 0.268 e. The first kappa shape index (κ1) is 20.1. The first-order valence-corrected chi connectivity index (χ1v) is 10.8. The molecule has 5 aromatic rings. The van der Waals surface area contributed by atoms with Crippen LogP contribution in [0.5, 0.6) is 0 Å². The number of fused-ring (bicyclic) bond motifs is 1. The highest BCUT2D eigenvalue weighted by molar-refractivity contribution is 7.17. The van der Waals surface area contributed by atoms with Crippen LogP contribution in [0.25, 0.3) is 27.3 Å². The fourth-order valence-electron chi connectivity index (χ4n) is 3.51. The van der Waals surface area contributed by atoms with Gasteiger partial charge in [0.05, 0.1) is 12.2 Å². The monoisotopic (exact) mass is 448 g/mol. The predicted molar refractivity (Wildman–Crippen MR) is 121 cm³/mol. The molecule has 0 atom stereocenters. The number of carbonyl (C=O) groups excluding carboxylic acids is 1. The van der Waals surface area contributed by atoms with Crippen molar-refractivity contribution in [3.63, 3.8) is 0 Å². The minimum atomic E-state index is -0.301. The summed E-state index contributed by atoms with van der Waals surface area (Å²) in [5.74, 6) is -0.809. The summed E-state index contributed by atoms with van der Waals surface area (Å²) in [5.41, 5.74) is 4.68. The molecule has 160 valence electrons. The maximum atomic E-state index is 13.2. The molecule has 0 bridgehead atoms. The number of nitrogens with zero attached hydrogens (tertiary/aromatic N) is 2. The van der Waals surface area contributed by atoms with Crippen LogP contribution >= 0.6 is 11.3 Å². The molecule has 8 heteroatoms. The number of carbonyl (C=O) groups is 1. The number of aryl methyl sites for hydroxylation is 1. The summed E-state index contributed by atoms with van der Waals surface area (Å²) in [7, 11) is 0. The van der Waals surface area contributed by atoms with Crippen molar-refractivity contribution in [2.24, 2.45) is 0 Å². The van der Waals surface area contributed by atoms with Gasteiger partial charge in [0.25, 0.3) is 5.91 Å². The fraction of sp³-hybridized carbons (Fsp3) is 0.0833. The molecule has 0 fully saturated rings. The lowest BCUT2D eigenvalue weighted by Crippen LogP contribution is -2.23. The van der Waals surface area contributed by atoms with Crippen molar-refractivity contribution in [1.82, 2.24) is 19.7 Å². The molecule has 5 nitrogen and oxygen atoms in total. The van der Waals surface area contributed by atoms with E-state index in [4.69, 9.17) is 0 Å². The second-order valence-electron chi connectivity index (χ2n) is 7.39. The highest BCUT2D eigenvalue weighted by Gasteiger charge is 2.15. The van der Waals surface area contributed by atoms with E-state index in [-0.39, 0.29) is 17.5 Å². The molecule has 1 amide bonds. The van der Waals surface area contributed by atoms with Crippen LogP contribution in [0.3, 0.4) is 0 Å². The molecular weight excluding hydrogens is 430 g/mol. The molecule has 0 aliphatic carbocycles. The van der Waals surface area contributed by atoms with Crippen LogP contribution in [0.15, 0.2) is 67.0 Å². The molecule has 2 aromatic carbocycles. The zero-order valence-electron chi connectivity index (χ0n) is 17.0. The van der Waals surface area contributed by atoms with E-state index in [1.807, 2.05) is 17.5 Å². The van der Waals surface area contributed by atoms with E-state index < -0.39 is 0 Å². The first-order valence-electron chi connectivity index (χ1n) is 9.94. The Morgan fingerprint density at radius 1 is 1.03 bits per heavy atom. The molecule has 0 unspecified atom stereocenters. The molecule has 0 aliphatic rings. The number of imidazole rings is 1. The molecule has 0 saturated carbocycles. The van der Waals surface area contributed by atoms with E-state index in [0.29, 0.717) is 12.2 Å². The average molecular weight is 448 g/mol. The van der Waals surface area contributed by atoms with Crippen molar-refractivity contribution >= 4 is 22.2 Å². The first-order chi connectivity index (χ1) is 15.5. The molecule has 0 spiro atoms. The predicted octanol–water partition coefficient (Wildman–Crippen LogP) is 5.57. The number of H-pyrrole nitrogens is 1. The highest BCUT2D eigenvalue weighted by atomic mass is 32.1. The van der Waals surface area contributed by atoms with Crippen LogP contribution in [-0.2, 0) is 6.54 Å². The number of hydrogen-bond acceptors (Lipinski definition) is 3.